The van der Waals surface area contributed by atoms with Gasteiger partial charge in [0.25, 0.3) is 0 Å². The van der Waals surface area contributed by atoms with Crippen LogP contribution < -0.4 is 10.6 Å². The summed E-state index contributed by atoms with van der Waals surface area (Å²) in [6.07, 6.45) is 11.0. The first-order valence-corrected chi connectivity index (χ1v) is 5.78. The predicted molar refractivity (Wildman–Crippen MR) is 76.6 cm³/mol. The molecule has 0 aliphatic rings. The maximum atomic E-state index is 10.0. The van der Waals surface area contributed by atoms with Gasteiger partial charge in [0, 0.05) is 6.54 Å². The third-order valence-corrected chi connectivity index (χ3v) is 2.27. The molecular weight excluding hydrogens is 211 g/mol. The average Bonchev–Trinajstić information content (AvgIpc) is 2.34. The highest BCUT2D eigenvalue weighted by atomic mass is 16.1. The van der Waals surface area contributed by atoms with Gasteiger partial charge in [0.2, 0.25) is 6.41 Å². The molecule has 17 heavy (non-hydrogen) atoms. The van der Waals surface area contributed by atoms with Crippen molar-refractivity contribution in [3.63, 3.8) is 0 Å². The lowest BCUT2D eigenvalue weighted by Crippen LogP contribution is -2.33. The van der Waals surface area contributed by atoms with Crippen molar-refractivity contribution in [3.05, 3.63) is 49.1 Å². The van der Waals surface area contributed by atoms with E-state index < -0.39 is 0 Å². The Bertz CT molecular complexity index is 298. The van der Waals surface area contributed by atoms with Crippen molar-refractivity contribution in [2.75, 3.05) is 13.1 Å². The first-order chi connectivity index (χ1) is 8.26. The zero-order chi connectivity index (χ0) is 12.9. The Morgan fingerprint density at radius 2 is 2.06 bits per heavy atom. The van der Waals surface area contributed by atoms with Gasteiger partial charge >= 0.3 is 0 Å². The van der Waals surface area contributed by atoms with Gasteiger partial charge in [0.15, 0.2) is 0 Å². The quantitative estimate of drug-likeness (QED) is 0.249. The molecule has 0 aromatic heterocycles. The number of hydrogen-bond donors (Lipinski definition) is 2. The second-order valence-electron chi connectivity index (χ2n) is 3.60. The number of nitrogens with one attached hydrogen (secondary N) is 2. The topological polar surface area (TPSA) is 41.1 Å². The van der Waals surface area contributed by atoms with Gasteiger partial charge in [-0.2, -0.15) is 0 Å². The summed E-state index contributed by atoms with van der Waals surface area (Å²) in [6, 6.07) is 0. The highest BCUT2D eigenvalue weighted by molar-refractivity contribution is 6.14. The summed E-state index contributed by atoms with van der Waals surface area (Å²) in [5.41, 5.74) is 1.16. The molecule has 0 rings (SSSR count). The van der Waals surface area contributed by atoms with Crippen LogP contribution in [0.5, 0.6) is 0 Å². The van der Waals surface area contributed by atoms with Crippen LogP contribution >= 0.6 is 0 Å². The minimum absolute atomic E-state index is 0.250. The average molecular weight is 232 g/mol. The van der Waals surface area contributed by atoms with Gasteiger partial charge < -0.3 is 10.6 Å². The van der Waals surface area contributed by atoms with E-state index in [9.17, 15) is 4.79 Å². The van der Waals surface area contributed by atoms with Crippen LogP contribution in [0, 0.1) is 0 Å². The summed E-state index contributed by atoms with van der Waals surface area (Å²) < 4.78 is 0. The minimum Gasteiger partial charge on any atom is -0.359 e. The second kappa shape index (κ2) is 11.0. The first kappa shape index (κ1) is 15.5. The fourth-order valence-electron chi connectivity index (χ4n) is 1.35. The highest BCUT2D eigenvalue weighted by Gasteiger charge is 2.03. The minimum atomic E-state index is 0.250. The summed E-state index contributed by atoms with van der Waals surface area (Å²) in [5, 5.41) is 6.01. The number of hydrogen-bond acceptors (Lipinski definition) is 2. The Balaban J connectivity index is 4.05. The summed E-state index contributed by atoms with van der Waals surface area (Å²) in [4.78, 5) is 10.0. The number of carbonyl (C=O) groups excluding carboxylic acids is 1. The van der Waals surface area contributed by atoms with Gasteiger partial charge in [0.1, 0.15) is 7.85 Å². The monoisotopic (exact) mass is 232 g/mol. The van der Waals surface area contributed by atoms with Crippen molar-refractivity contribution in [2.24, 2.45) is 0 Å². The molecule has 0 aromatic carbocycles. The van der Waals surface area contributed by atoms with Crippen LogP contribution in [0.15, 0.2) is 49.1 Å². The van der Waals surface area contributed by atoms with Crippen LogP contribution in [0.25, 0.3) is 0 Å². The lowest BCUT2D eigenvalue weighted by atomic mass is 9.88. The summed E-state index contributed by atoms with van der Waals surface area (Å²) in [5.74, 6) is 0.250. The van der Waals surface area contributed by atoms with Crippen LogP contribution in [-0.4, -0.2) is 33.3 Å². The molecular formula is C13H21BN2O. The zero-order valence-corrected chi connectivity index (χ0v) is 10.5. The molecule has 1 amide bonds. The van der Waals surface area contributed by atoms with Gasteiger partial charge in [0.05, 0.1) is 0 Å². The number of carbonyl (C=O) groups is 1. The van der Waals surface area contributed by atoms with E-state index in [1.54, 1.807) is 12.2 Å². The van der Waals surface area contributed by atoms with E-state index in [0.717, 1.165) is 24.9 Å². The fourth-order valence-corrected chi connectivity index (χ4v) is 1.35. The van der Waals surface area contributed by atoms with E-state index >= 15 is 0 Å². The first-order valence-electron chi connectivity index (χ1n) is 5.78. The van der Waals surface area contributed by atoms with Gasteiger partial charge in [-0.25, -0.2) is 0 Å². The Kier molecular flexibility index (Phi) is 9.96. The third kappa shape index (κ3) is 8.28. The third-order valence-electron chi connectivity index (χ3n) is 2.27. The summed E-state index contributed by atoms with van der Waals surface area (Å²) in [7, 11) is 2.09. The molecule has 4 heteroatoms. The lowest BCUT2D eigenvalue weighted by molar-refractivity contribution is -0.109. The highest BCUT2D eigenvalue weighted by Crippen LogP contribution is 2.02. The van der Waals surface area contributed by atoms with Crippen LogP contribution in [0.4, 0.5) is 0 Å². The van der Waals surface area contributed by atoms with Gasteiger partial charge in [-0.15, -0.1) is 0 Å². The summed E-state index contributed by atoms with van der Waals surface area (Å²) >= 11 is 0. The van der Waals surface area contributed by atoms with Crippen molar-refractivity contribution >= 4 is 14.3 Å². The van der Waals surface area contributed by atoms with E-state index in [-0.39, 0.29) is 5.94 Å². The van der Waals surface area contributed by atoms with Crippen molar-refractivity contribution in [3.8, 4) is 0 Å². The maximum Gasteiger partial charge on any atom is 0.207 e. The number of amides is 1. The van der Waals surface area contributed by atoms with Crippen molar-refractivity contribution in [2.45, 2.75) is 12.4 Å². The maximum absolute atomic E-state index is 10.0. The standard InChI is InChI=1S/C13H21BN2O/c1-3-5-8-12(7-4-2)13(14)16-10-6-9-15-11-17/h3-5,7-8,11,13,16H,1-2,6,9-10,14H2,(H,15,17)/b8-5-,12-7+. The van der Waals surface area contributed by atoms with Crippen LogP contribution in [0.2, 0.25) is 0 Å². The molecule has 0 saturated heterocycles. The predicted octanol–water partition coefficient (Wildman–Crippen LogP) is 0.526. The van der Waals surface area contributed by atoms with Gasteiger partial charge in [-0.1, -0.05) is 43.5 Å². The molecule has 0 aromatic rings. The molecule has 0 spiro atoms. The summed E-state index contributed by atoms with van der Waals surface area (Å²) in [6.45, 7) is 8.91. The number of rotatable bonds is 10. The molecule has 0 bridgehead atoms. The van der Waals surface area contributed by atoms with Crippen LogP contribution in [0.3, 0.4) is 0 Å². The SMILES string of the molecule is BC(NCCCNC=O)C(/C=C\C=C)=C/C=C. The molecule has 0 heterocycles. The molecule has 0 saturated carbocycles. The number of allylic oxidation sites excluding steroid dienone is 4. The molecule has 1 atom stereocenters. The molecule has 0 aliphatic carbocycles. The smallest absolute Gasteiger partial charge is 0.207 e. The molecule has 3 nitrogen and oxygen atoms in total. The van der Waals surface area contributed by atoms with E-state index in [0.29, 0.717) is 6.54 Å². The molecule has 2 N–H and O–H groups in total. The van der Waals surface area contributed by atoms with E-state index in [1.807, 2.05) is 18.2 Å². The molecule has 0 fully saturated rings. The van der Waals surface area contributed by atoms with E-state index in [2.05, 4.69) is 31.6 Å². The second-order valence-corrected chi connectivity index (χ2v) is 3.60. The van der Waals surface area contributed by atoms with Crippen LogP contribution in [-0.2, 0) is 4.79 Å². The Hall–Kier alpha value is -1.55. The Labute approximate surface area is 105 Å². The molecule has 1 unspecified atom stereocenters. The van der Waals surface area contributed by atoms with E-state index in [1.165, 1.54) is 0 Å². The van der Waals surface area contributed by atoms with Crippen molar-refractivity contribution in [1.29, 1.82) is 0 Å². The van der Waals surface area contributed by atoms with Gasteiger partial charge in [-0.05, 0) is 24.5 Å². The lowest BCUT2D eigenvalue weighted by Gasteiger charge is -2.15. The van der Waals surface area contributed by atoms with E-state index in [4.69, 9.17) is 0 Å². The Morgan fingerprint density at radius 1 is 1.29 bits per heavy atom. The normalized spacial score (nSPS) is 13.3. The van der Waals surface area contributed by atoms with Crippen molar-refractivity contribution < 1.29 is 4.79 Å². The molecule has 92 valence electrons. The van der Waals surface area contributed by atoms with Gasteiger partial charge in [-0.3, -0.25) is 4.79 Å². The zero-order valence-electron chi connectivity index (χ0n) is 10.5. The fraction of sp³-hybridized carbons (Fsp3) is 0.308. The molecule has 0 radical (unpaired) electrons. The largest absolute Gasteiger partial charge is 0.359 e. The Morgan fingerprint density at radius 3 is 2.65 bits per heavy atom. The molecule has 0 aliphatic heterocycles. The van der Waals surface area contributed by atoms with Crippen LogP contribution in [0.1, 0.15) is 6.42 Å². The van der Waals surface area contributed by atoms with Crippen molar-refractivity contribution in [1.82, 2.24) is 10.6 Å².